The molecule has 1 saturated heterocycles. The van der Waals surface area contributed by atoms with E-state index in [2.05, 4.69) is 24.3 Å². The Morgan fingerprint density at radius 3 is 2.60 bits per heavy atom. The van der Waals surface area contributed by atoms with Crippen LogP contribution in [0.2, 0.25) is 0 Å². The molecule has 0 spiro atoms. The van der Waals surface area contributed by atoms with Gasteiger partial charge in [-0.3, -0.25) is 0 Å². The van der Waals surface area contributed by atoms with E-state index in [1.165, 1.54) is 0 Å². The lowest BCUT2D eigenvalue weighted by Crippen LogP contribution is -2.62. The second-order valence-corrected chi connectivity index (χ2v) is 6.80. The van der Waals surface area contributed by atoms with E-state index in [0.29, 0.717) is 24.9 Å². The number of aliphatic hydroxyl groups is 1. The van der Waals surface area contributed by atoms with Gasteiger partial charge < -0.3 is 19.7 Å². The van der Waals surface area contributed by atoms with Crippen LogP contribution in [-0.4, -0.2) is 35.6 Å². The van der Waals surface area contributed by atoms with Gasteiger partial charge in [0.05, 0.1) is 24.4 Å². The maximum absolute atomic E-state index is 9.90. The quantitative estimate of drug-likeness (QED) is 0.799. The molecule has 1 aliphatic heterocycles. The minimum atomic E-state index is -0.987. The van der Waals surface area contributed by atoms with Gasteiger partial charge in [-0.15, -0.1) is 0 Å². The van der Waals surface area contributed by atoms with Crippen molar-refractivity contribution >= 4 is 0 Å². The minimum absolute atomic E-state index is 0.0252. The van der Waals surface area contributed by atoms with Crippen molar-refractivity contribution in [1.82, 2.24) is 10.5 Å². The van der Waals surface area contributed by atoms with Crippen LogP contribution in [0.25, 0.3) is 0 Å². The molecule has 0 bridgehead atoms. The van der Waals surface area contributed by atoms with Crippen molar-refractivity contribution in [2.45, 2.75) is 51.7 Å². The molecule has 0 saturated carbocycles. The first-order valence-corrected chi connectivity index (χ1v) is 7.32. The van der Waals surface area contributed by atoms with Gasteiger partial charge >= 0.3 is 0 Å². The number of rotatable bonds is 7. The Kier molecular flexibility index (Phi) is 4.52. The first kappa shape index (κ1) is 15.5. The molecule has 0 atom stereocenters. The molecule has 0 aliphatic carbocycles. The van der Waals surface area contributed by atoms with Gasteiger partial charge in [0.25, 0.3) is 0 Å². The number of hydrogen-bond acceptors (Lipinski definition) is 5. The number of nitrogens with one attached hydrogen (secondary N) is 1. The smallest absolute Gasteiger partial charge is 0.167 e. The molecule has 1 fully saturated rings. The molecule has 20 heavy (non-hydrogen) atoms. The van der Waals surface area contributed by atoms with Crippen molar-refractivity contribution in [2.75, 3.05) is 19.8 Å². The normalized spacial score (nSPS) is 18.3. The van der Waals surface area contributed by atoms with Gasteiger partial charge in [0, 0.05) is 12.5 Å². The van der Waals surface area contributed by atoms with Crippen LogP contribution < -0.4 is 5.32 Å². The van der Waals surface area contributed by atoms with E-state index in [1.807, 2.05) is 6.07 Å². The summed E-state index contributed by atoms with van der Waals surface area (Å²) in [6.45, 7) is 10.2. The van der Waals surface area contributed by atoms with Crippen LogP contribution >= 0.6 is 0 Å². The van der Waals surface area contributed by atoms with Crippen molar-refractivity contribution in [3.63, 3.8) is 0 Å². The zero-order valence-corrected chi connectivity index (χ0v) is 12.9. The van der Waals surface area contributed by atoms with Crippen molar-refractivity contribution < 1.29 is 14.4 Å². The number of nitrogens with zero attached hydrogens (tertiary/aromatic N) is 1. The third kappa shape index (κ3) is 3.81. The number of aromatic nitrogens is 1. The maximum Gasteiger partial charge on any atom is 0.167 e. The van der Waals surface area contributed by atoms with Crippen LogP contribution in [-0.2, 0) is 16.8 Å². The molecule has 0 amide bonds. The fourth-order valence-corrected chi connectivity index (χ4v) is 2.27. The minimum Gasteiger partial charge on any atom is -0.382 e. The Morgan fingerprint density at radius 1 is 1.45 bits per heavy atom. The molecule has 2 rings (SSSR count). The highest BCUT2D eigenvalue weighted by molar-refractivity contribution is 5.15. The predicted molar refractivity (Wildman–Crippen MR) is 76.5 cm³/mol. The summed E-state index contributed by atoms with van der Waals surface area (Å²) in [5.41, 5.74) is -0.148. The SMILES string of the molecule is CC(C)CCNC1(Cc2cc(C(C)(C)O)on2)COC1. The van der Waals surface area contributed by atoms with E-state index >= 15 is 0 Å². The molecule has 0 aromatic carbocycles. The second kappa shape index (κ2) is 5.84. The van der Waals surface area contributed by atoms with Crippen molar-refractivity contribution in [3.05, 3.63) is 17.5 Å². The van der Waals surface area contributed by atoms with Crippen LogP contribution in [0, 0.1) is 5.92 Å². The van der Waals surface area contributed by atoms with Gasteiger partial charge in [0.1, 0.15) is 5.60 Å². The Bertz CT molecular complexity index is 431. The molecule has 114 valence electrons. The third-order valence-corrected chi connectivity index (χ3v) is 3.66. The molecule has 1 aromatic rings. The van der Waals surface area contributed by atoms with E-state index in [4.69, 9.17) is 9.26 Å². The fraction of sp³-hybridized carbons (Fsp3) is 0.800. The molecule has 0 unspecified atom stereocenters. The lowest BCUT2D eigenvalue weighted by atomic mass is 9.90. The fourth-order valence-electron chi connectivity index (χ4n) is 2.27. The third-order valence-electron chi connectivity index (χ3n) is 3.66. The predicted octanol–water partition coefficient (Wildman–Crippen LogP) is 1.85. The van der Waals surface area contributed by atoms with Gasteiger partial charge in [-0.1, -0.05) is 19.0 Å². The first-order chi connectivity index (χ1) is 9.31. The highest BCUT2D eigenvalue weighted by Crippen LogP contribution is 2.25. The zero-order valence-electron chi connectivity index (χ0n) is 12.9. The van der Waals surface area contributed by atoms with Crippen molar-refractivity contribution in [2.24, 2.45) is 5.92 Å². The number of hydrogen-bond donors (Lipinski definition) is 2. The molecule has 1 aliphatic rings. The molecule has 5 nitrogen and oxygen atoms in total. The Balaban J connectivity index is 1.94. The Hall–Kier alpha value is -0.910. The summed E-state index contributed by atoms with van der Waals surface area (Å²) in [7, 11) is 0. The Morgan fingerprint density at radius 2 is 2.15 bits per heavy atom. The summed E-state index contributed by atoms with van der Waals surface area (Å²) in [6.07, 6.45) is 1.92. The highest BCUT2D eigenvalue weighted by Gasteiger charge is 2.39. The van der Waals surface area contributed by atoms with Gasteiger partial charge in [-0.25, -0.2) is 0 Å². The highest BCUT2D eigenvalue weighted by atomic mass is 16.5. The maximum atomic E-state index is 9.90. The summed E-state index contributed by atoms with van der Waals surface area (Å²) < 4.78 is 10.6. The summed E-state index contributed by atoms with van der Waals surface area (Å²) in [5.74, 6) is 1.19. The summed E-state index contributed by atoms with van der Waals surface area (Å²) in [4.78, 5) is 0. The van der Waals surface area contributed by atoms with Crippen LogP contribution in [0.3, 0.4) is 0 Å². The summed E-state index contributed by atoms with van der Waals surface area (Å²) in [5, 5.41) is 17.6. The molecule has 5 heteroatoms. The van der Waals surface area contributed by atoms with E-state index in [1.54, 1.807) is 13.8 Å². The molecule has 1 aromatic heterocycles. The summed E-state index contributed by atoms with van der Waals surface area (Å²) in [6, 6.07) is 1.84. The zero-order chi connectivity index (χ0) is 14.8. The standard InChI is InChI=1S/C15H26N2O3/c1-11(2)5-6-16-15(9-19-10-15)8-12-7-13(20-17-12)14(3,4)18/h7,11,16,18H,5-6,8-10H2,1-4H3. The van der Waals surface area contributed by atoms with Gasteiger partial charge in [0.15, 0.2) is 5.76 Å². The van der Waals surface area contributed by atoms with Crippen molar-refractivity contribution in [3.8, 4) is 0 Å². The second-order valence-electron chi connectivity index (χ2n) is 6.80. The van der Waals surface area contributed by atoms with E-state index in [-0.39, 0.29) is 5.54 Å². The van der Waals surface area contributed by atoms with Crippen LogP contribution in [0.5, 0.6) is 0 Å². The average Bonchev–Trinajstić information content (AvgIpc) is 2.73. The van der Waals surface area contributed by atoms with E-state index in [9.17, 15) is 5.11 Å². The summed E-state index contributed by atoms with van der Waals surface area (Å²) >= 11 is 0. The lowest BCUT2D eigenvalue weighted by Gasteiger charge is -2.42. The largest absolute Gasteiger partial charge is 0.382 e. The van der Waals surface area contributed by atoms with Crippen LogP contribution in [0.1, 0.15) is 45.6 Å². The monoisotopic (exact) mass is 282 g/mol. The van der Waals surface area contributed by atoms with E-state index < -0.39 is 5.60 Å². The lowest BCUT2D eigenvalue weighted by molar-refractivity contribution is -0.0747. The molecular formula is C15H26N2O3. The van der Waals surface area contributed by atoms with Crippen LogP contribution in [0.15, 0.2) is 10.6 Å². The topological polar surface area (TPSA) is 67.5 Å². The van der Waals surface area contributed by atoms with Gasteiger partial charge in [-0.2, -0.15) is 0 Å². The average molecular weight is 282 g/mol. The molecule has 2 heterocycles. The van der Waals surface area contributed by atoms with Crippen LogP contribution in [0.4, 0.5) is 0 Å². The van der Waals surface area contributed by atoms with Crippen molar-refractivity contribution in [1.29, 1.82) is 0 Å². The number of ether oxygens (including phenoxy) is 1. The molecular weight excluding hydrogens is 256 g/mol. The van der Waals surface area contributed by atoms with Gasteiger partial charge in [-0.05, 0) is 32.7 Å². The molecule has 0 radical (unpaired) electrons. The molecule has 2 N–H and O–H groups in total. The van der Waals surface area contributed by atoms with E-state index in [0.717, 1.165) is 25.1 Å². The first-order valence-electron chi connectivity index (χ1n) is 7.32. The Labute approximate surface area is 120 Å². The van der Waals surface area contributed by atoms with Gasteiger partial charge in [0.2, 0.25) is 0 Å².